The first-order valence-corrected chi connectivity index (χ1v) is 17.4. The summed E-state index contributed by atoms with van der Waals surface area (Å²) in [7, 11) is -8.06. The highest BCUT2D eigenvalue weighted by Crippen LogP contribution is 2.39. The normalized spacial score (nSPS) is 19.5. The number of piperidine rings is 1. The topological polar surface area (TPSA) is 199 Å². The van der Waals surface area contributed by atoms with Gasteiger partial charge in [-0.15, -0.1) is 0 Å². The van der Waals surface area contributed by atoms with E-state index in [2.05, 4.69) is 0 Å². The van der Waals surface area contributed by atoms with Crippen molar-refractivity contribution < 1.29 is 41.3 Å². The Labute approximate surface area is 260 Å². The highest BCUT2D eigenvalue weighted by Gasteiger charge is 2.47. The van der Waals surface area contributed by atoms with E-state index < -0.39 is 49.3 Å². The summed E-state index contributed by atoms with van der Waals surface area (Å²) in [6.07, 6.45) is -0.203. The van der Waals surface area contributed by atoms with Crippen molar-refractivity contribution in [3.8, 4) is 5.75 Å². The summed E-state index contributed by atoms with van der Waals surface area (Å²) in [5, 5.41) is 25.9. The van der Waals surface area contributed by atoms with Gasteiger partial charge in [-0.3, -0.25) is 4.79 Å². The molecule has 2 aliphatic heterocycles. The predicted octanol–water partition coefficient (Wildman–Crippen LogP) is 1.40. The fraction of sp³-hybridized carbons (Fsp3) is 0.448. The van der Waals surface area contributed by atoms with Crippen molar-refractivity contribution in [1.29, 1.82) is 0 Å². The van der Waals surface area contributed by atoms with Gasteiger partial charge in [-0.05, 0) is 50.5 Å². The quantitative estimate of drug-likeness (QED) is 0.285. The summed E-state index contributed by atoms with van der Waals surface area (Å²) in [5.41, 5.74) is -0.653. The molecule has 0 radical (unpaired) electrons. The molecule has 16 heteroatoms. The minimum absolute atomic E-state index is 0.0644. The van der Waals surface area contributed by atoms with Crippen molar-refractivity contribution >= 4 is 37.0 Å². The number of carbonyl (C=O) groups is 1. The van der Waals surface area contributed by atoms with Crippen LogP contribution in [0.5, 0.6) is 5.75 Å². The number of amides is 1. The third-order valence-electron chi connectivity index (χ3n) is 8.41. The molecule has 3 aromatic rings. The molecular formula is C29H36N4O10S2. The fourth-order valence-electron chi connectivity index (χ4n) is 6.00. The van der Waals surface area contributed by atoms with E-state index in [4.69, 9.17) is 14.6 Å². The number of sulfonamides is 2. The molecule has 2 fully saturated rings. The molecule has 2 aromatic carbocycles. The van der Waals surface area contributed by atoms with Crippen molar-refractivity contribution in [2.24, 2.45) is 5.14 Å². The first kappa shape index (κ1) is 32.8. The summed E-state index contributed by atoms with van der Waals surface area (Å²) in [5.74, 6) is 0.143. The van der Waals surface area contributed by atoms with Crippen LogP contribution in [0.25, 0.3) is 10.9 Å². The van der Waals surface area contributed by atoms with E-state index >= 15 is 0 Å². The number of hydrogen-bond donors (Lipinski definition) is 3. The molecule has 0 saturated carbocycles. The third kappa shape index (κ3) is 6.85. The lowest BCUT2D eigenvalue weighted by molar-refractivity contribution is -0.0319. The van der Waals surface area contributed by atoms with Gasteiger partial charge in [-0.25, -0.2) is 26.8 Å². The van der Waals surface area contributed by atoms with Crippen LogP contribution >= 0.6 is 0 Å². The summed E-state index contributed by atoms with van der Waals surface area (Å²) in [4.78, 5) is 26.0. The average Bonchev–Trinajstić information content (AvgIpc) is 3.41. The monoisotopic (exact) mass is 664 g/mol. The van der Waals surface area contributed by atoms with Gasteiger partial charge in [-0.1, -0.05) is 18.2 Å². The van der Waals surface area contributed by atoms with Gasteiger partial charge < -0.3 is 29.2 Å². The maximum Gasteiger partial charge on any atom is 0.407 e. The zero-order chi connectivity index (χ0) is 32.6. The SMILES string of the molecule is CCn1cc(S(=O)(=O)N2CCC3(CC2)C[C@@H](N(CC(O)COc2cccc(S(N)(=O)=O)c2)C(=O)O)CO3)c(=O)c2ccccc21. The van der Waals surface area contributed by atoms with Crippen LogP contribution in [0.15, 0.2) is 69.3 Å². The Morgan fingerprint density at radius 1 is 1.16 bits per heavy atom. The zero-order valence-corrected chi connectivity index (χ0v) is 26.2. The largest absolute Gasteiger partial charge is 0.491 e. The molecule has 3 heterocycles. The lowest BCUT2D eigenvalue weighted by atomic mass is 9.88. The van der Waals surface area contributed by atoms with Gasteiger partial charge in [0.05, 0.1) is 35.2 Å². The Balaban J connectivity index is 1.22. The molecule has 1 spiro atoms. The van der Waals surface area contributed by atoms with E-state index in [1.165, 1.54) is 34.8 Å². The molecule has 244 valence electrons. The Kier molecular flexibility index (Phi) is 9.26. The van der Waals surface area contributed by atoms with Gasteiger partial charge in [0, 0.05) is 37.3 Å². The first-order chi connectivity index (χ1) is 21.2. The highest BCUT2D eigenvalue weighted by atomic mass is 32.2. The Morgan fingerprint density at radius 3 is 2.53 bits per heavy atom. The number of pyridine rings is 1. The fourth-order valence-corrected chi connectivity index (χ4v) is 8.10. The van der Waals surface area contributed by atoms with Crippen molar-refractivity contribution in [2.45, 2.75) is 60.3 Å². The standard InChI is InChI=1S/C29H36N4O10S2/c1-2-31-17-26(27(35)24-8-3-4-9-25(24)31)45(40,41)32-12-10-29(11-13-32)15-20(18-43-29)33(28(36)37)16-21(34)19-42-22-6-5-7-23(14-22)44(30,38)39/h3-9,14,17,20-21,34H,2,10-13,15-16,18-19H2,1H3,(H,36,37)(H2,30,38,39)/t20-,21?/m1/s1. The first-order valence-electron chi connectivity index (χ1n) is 14.4. The molecule has 4 N–H and O–H groups in total. The maximum atomic E-state index is 13.6. The van der Waals surface area contributed by atoms with Crippen molar-refractivity contribution in [1.82, 2.24) is 13.8 Å². The lowest BCUT2D eigenvalue weighted by Gasteiger charge is -2.38. The van der Waals surface area contributed by atoms with Gasteiger partial charge in [0.2, 0.25) is 25.5 Å². The zero-order valence-electron chi connectivity index (χ0n) is 24.6. The number of primary sulfonamides is 1. The van der Waals surface area contributed by atoms with Crippen molar-refractivity contribution in [2.75, 3.05) is 32.8 Å². The van der Waals surface area contributed by atoms with Gasteiger partial charge in [0.1, 0.15) is 23.4 Å². The molecule has 1 aromatic heterocycles. The molecule has 2 saturated heterocycles. The second kappa shape index (κ2) is 12.7. The molecule has 1 unspecified atom stereocenters. The van der Waals surface area contributed by atoms with E-state index in [0.717, 1.165) is 4.90 Å². The molecule has 1 amide bonds. The van der Waals surface area contributed by atoms with Crippen LogP contribution in [-0.4, -0.2) is 97.5 Å². The number of aromatic nitrogens is 1. The number of para-hydroxylation sites is 1. The third-order valence-corrected chi connectivity index (χ3v) is 11.2. The smallest absolute Gasteiger partial charge is 0.407 e. The summed E-state index contributed by atoms with van der Waals surface area (Å²) >= 11 is 0. The van der Waals surface area contributed by atoms with Crippen LogP contribution in [0.3, 0.4) is 0 Å². The number of aliphatic hydroxyl groups is 1. The van der Waals surface area contributed by atoms with Crippen LogP contribution < -0.4 is 15.3 Å². The summed E-state index contributed by atoms with van der Waals surface area (Å²) in [6, 6.07) is 11.7. The van der Waals surface area contributed by atoms with E-state index in [1.807, 2.05) is 6.92 Å². The predicted molar refractivity (Wildman–Crippen MR) is 163 cm³/mol. The minimum Gasteiger partial charge on any atom is -0.491 e. The number of fused-ring (bicyclic) bond motifs is 1. The molecule has 2 aliphatic rings. The molecule has 45 heavy (non-hydrogen) atoms. The van der Waals surface area contributed by atoms with Crippen LogP contribution in [0, 0.1) is 0 Å². The second-order valence-corrected chi connectivity index (χ2v) is 14.8. The molecular weight excluding hydrogens is 628 g/mol. The number of nitrogens with two attached hydrogens (primary N) is 1. The van der Waals surface area contributed by atoms with Crippen LogP contribution in [-0.2, 0) is 31.3 Å². The summed E-state index contributed by atoms with van der Waals surface area (Å²) < 4.78 is 65.0. The number of ether oxygens (including phenoxy) is 2. The van der Waals surface area contributed by atoms with Gasteiger partial charge in [0.25, 0.3) is 0 Å². The average molecular weight is 665 g/mol. The van der Waals surface area contributed by atoms with Crippen LogP contribution in [0.2, 0.25) is 0 Å². The number of hydrogen-bond acceptors (Lipinski definition) is 9. The van der Waals surface area contributed by atoms with E-state index in [9.17, 15) is 36.6 Å². The maximum absolute atomic E-state index is 13.6. The summed E-state index contributed by atoms with van der Waals surface area (Å²) in [6.45, 7) is 2.00. The molecule has 2 atom stereocenters. The van der Waals surface area contributed by atoms with Crippen LogP contribution in [0.1, 0.15) is 26.2 Å². The van der Waals surface area contributed by atoms with Gasteiger partial charge >= 0.3 is 6.09 Å². The number of aliphatic hydroxyl groups excluding tert-OH is 1. The number of benzene rings is 2. The lowest BCUT2D eigenvalue weighted by Crippen LogP contribution is -2.49. The second-order valence-electron chi connectivity index (χ2n) is 11.3. The van der Waals surface area contributed by atoms with E-state index in [-0.39, 0.29) is 48.4 Å². The van der Waals surface area contributed by atoms with E-state index in [0.29, 0.717) is 36.7 Å². The highest BCUT2D eigenvalue weighted by molar-refractivity contribution is 7.89. The Morgan fingerprint density at radius 2 is 1.87 bits per heavy atom. The Hall–Kier alpha value is -3.54. The number of nitrogens with zero attached hydrogens (tertiary/aromatic N) is 3. The number of carboxylic acid groups (broad SMARTS) is 1. The molecule has 5 rings (SSSR count). The number of rotatable bonds is 10. The molecule has 0 bridgehead atoms. The van der Waals surface area contributed by atoms with Crippen molar-refractivity contribution in [3.63, 3.8) is 0 Å². The minimum atomic E-state index is -4.11. The van der Waals surface area contributed by atoms with Gasteiger partial charge in [0.15, 0.2) is 0 Å². The van der Waals surface area contributed by atoms with Crippen LogP contribution in [0.4, 0.5) is 4.79 Å². The number of aryl methyl sites for hydroxylation is 1. The van der Waals surface area contributed by atoms with Gasteiger partial charge in [-0.2, -0.15) is 4.31 Å². The molecule has 0 aliphatic carbocycles. The van der Waals surface area contributed by atoms with Crippen molar-refractivity contribution in [3.05, 3.63) is 65.0 Å². The Bertz CT molecular complexity index is 1850. The van der Waals surface area contributed by atoms with E-state index in [1.54, 1.807) is 28.8 Å². The molecule has 14 nitrogen and oxygen atoms in total.